The van der Waals surface area contributed by atoms with Gasteiger partial charge in [0.25, 0.3) is 0 Å². The second kappa shape index (κ2) is 5.55. The molecule has 0 aromatic carbocycles. The molecule has 0 spiro atoms. The number of carbonyl (C=O) groups is 1. The Hall–Kier alpha value is -0.320. The van der Waals surface area contributed by atoms with E-state index in [4.69, 9.17) is 4.74 Å². The summed E-state index contributed by atoms with van der Waals surface area (Å²) in [7, 11) is 1.69. The molecule has 2 rings (SSSR count). The Morgan fingerprint density at radius 3 is 2.88 bits per heavy atom. The number of halogens is 1. The van der Waals surface area contributed by atoms with Gasteiger partial charge in [0.15, 0.2) is 0 Å². The van der Waals surface area contributed by atoms with Gasteiger partial charge in [-0.15, -0.1) is 12.4 Å². The maximum Gasteiger partial charge on any atom is 0.311 e. The molecule has 1 heterocycles. The fourth-order valence-corrected chi connectivity index (χ4v) is 3.36. The molecule has 0 aromatic rings. The molecule has 0 radical (unpaired) electrons. The summed E-state index contributed by atoms with van der Waals surface area (Å²) < 4.78 is 5.14. The zero-order chi connectivity index (χ0) is 11.8. The molecule has 0 aromatic heterocycles. The molecule has 1 N–H and O–H groups in total. The smallest absolute Gasteiger partial charge is 0.311 e. The Bertz CT molecular complexity index is 287. The van der Waals surface area contributed by atoms with E-state index < -0.39 is 11.4 Å². The molecular weight excluding hydrogens is 242 g/mol. The van der Waals surface area contributed by atoms with E-state index in [0.29, 0.717) is 25.1 Å². The zero-order valence-electron chi connectivity index (χ0n) is 10.5. The Balaban J connectivity index is 0.00000144. The maximum atomic E-state index is 11.5. The van der Waals surface area contributed by atoms with E-state index in [1.54, 1.807) is 7.11 Å². The molecule has 100 valence electrons. The monoisotopic (exact) mass is 263 g/mol. The molecule has 1 aliphatic carbocycles. The number of ether oxygens (including phenoxy) is 1. The van der Waals surface area contributed by atoms with Gasteiger partial charge in [0.2, 0.25) is 0 Å². The number of hydrogen-bond donors (Lipinski definition) is 1. The van der Waals surface area contributed by atoms with Crippen molar-refractivity contribution in [2.24, 2.45) is 11.3 Å². The van der Waals surface area contributed by atoms with Crippen LogP contribution in [-0.2, 0) is 9.53 Å². The number of hydrogen-bond acceptors (Lipinski definition) is 3. The molecule has 1 aliphatic heterocycles. The highest BCUT2D eigenvalue weighted by molar-refractivity contribution is 5.85. The number of methoxy groups -OCH3 is 1. The second-order valence-corrected chi connectivity index (χ2v) is 5.28. The Kier molecular flexibility index (Phi) is 4.81. The lowest BCUT2D eigenvalue weighted by Gasteiger charge is -2.26. The first-order valence-electron chi connectivity index (χ1n) is 6.06. The van der Waals surface area contributed by atoms with Crippen LogP contribution < -0.4 is 0 Å². The Morgan fingerprint density at radius 2 is 2.35 bits per heavy atom. The number of nitrogens with zero attached hydrogens (tertiary/aromatic N) is 1. The highest BCUT2D eigenvalue weighted by Crippen LogP contribution is 2.49. The van der Waals surface area contributed by atoms with Crippen LogP contribution in [0.1, 0.15) is 26.2 Å². The normalized spacial score (nSPS) is 34.1. The molecule has 17 heavy (non-hydrogen) atoms. The van der Waals surface area contributed by atoms with Crippen LogP contribution in [0, 0.1) is 11.3 Å². The number of likely N-dealkylation sites (tertiary alicyclic amines) is 1. The van der Waals surface area contributed by atoms with Crippen LogP contribution >= 0.6 is 12.4 Å². The highest BCUT2D eigenvalue weighted by atomic mass is 35.5. The van der Waals surface area contributed by atoms with Gasteiger partial charge < -0.3 is 9.84 Å². The van der Waals surface area contributed by atoms with Gasteiger partial charge in [-0.25, -0.2) is 0 Å². The van der Waals surface area contributed by atoms with Crippen molar-refractivity contribution in [1.29, 1.82) is 0 Å². The summed E-state index contributed by atoms with van der Waals surface area (Å²) in [5, 5.41) is 9.45. The molecular formula is C12H22ClNO3. The molecule has 1 unspecified atom stereocenters. The Labute approximate surface area is 109 Å². The lowest BCUT2D eigenvalue weighted by molar-refractivity contribution is -0.149. The summed E-state index contributed by atoms with van der Waals surface area (Å²) in [5.41, 5.74) is -0.456. The third-order valence-corrected chi connectivity index (χ3v) is 4.35. The predicted octanol–water partition coefficient (Wildman–Crippen LogP) is 1.63. The number of aliphatic carboxylic acids is 1. The third kappa shape index (κ3) is 2.44. The molecule has 2 aliphatic rings. The second-order valence-electron chi connectivity index (χ2n) is 5.28. The van der Waals surface area contributed by atoms with Gasteiger partial charge in [-0.05, 0) is 25.7 Å². The predicted molar refractivity (Wildman–Crippen MR) is 67.6 cm³/mol. The summed E-state index contributed by atoms with van der Waals surface area (Å²) in [4.78, 5) is 13.8. The molecule has 3 atom stereocenters. The van der Waals surface area contributed by atoms with Crippen molar-refractivity contribution in [2.45, 2.75) is 32.2 Å². The van der Waals surface area contributed by atoms with E-state index in [1.165, 1.54) is 0 Å². The van der Waals surface area contributed by atoms with Crippen LogP contribution in [-0.4, -0.2) is 48.8 Å². The molecule has 5 heteroatoms. The largest absolute Gasteiger partial charge is 0.481 e. The van der Waals surface area contributed by atoms with E-state index in [0.717, 1.165) is 25.8 Å². The standard InChI is InChI=1S/C12H21NO3.ClH/c1-9(7-16-2)13-6-10-4-3-5-12(10,8-13)11(14)15;/h9-10H,3-8H2,1-2H3,(H,14,15);1H/t9?,10-,12+;/m0./s1. The summed E-state index contributed by atoms with van der Waals surface area (Å²) in [6.07, 6.45) is 3.00. The van der Waals surface area contributed by atoms with E-state index in [1.807, 2.05) is 0 Å². The SMILES string of the molecule is COCC(C)N1C[C@@H]2CCC[C@@]2(C(=O)O)C1.Cl. The number of carboxylic acids is 1. The number of rotatable bonds is 4. The van der Waals surface area contributed by atoms with Gasteiger partial charge in [-0.1, -0.05) is 6.42 Å². The maximum absolute atomic E-state index is 11.5. The first kappa shape index (κ1) is 14.7. The summed E-state index contributed by atoms with van der Waals surface area (Å²) >= 11 is 0. The van der Waals surface area contributed by atoms with Crippen molar-refractivity contribution < 1.29 is 14.6 Å². The van der Waals surface area contributed by atoms with Crippen LogP contribution in [0.3, 0.4) is 0 Å². The first-order valence-corrected chi connectivity index (χ1v) is 6.06. The summed E-state index contributed by atoms with van der Waals surface area (Å²) in [6, 6.07) is 0.326. The van der Waals surface area contributed by atoms with E-state index in [9.17, 15) is 9.90 Å². The van der Waals surface area contributed by atoms with Crippen molar-refractivity contribution in [1.82, 2.24) is 4.90 Å². The van der Waals surface area contributed by atoms with Crippen molar-refractivity contribution >= 4 is 18.4 Å². The lowest BCUT2D eigenvalue weighted by atomic mass is 9.81. The molecule has 0 amide bonds. The number of fused-ring (bicyclic) bond motifs is 1. The fraction of sp³-hybridized carbons (Fsp3) is 0.917. The van der Waals surface area contributed by atoms with Crippen molar-refractivity contribution in [3.8, 4) is 0 Å². The lowest BCUT2D eigenvalue weighted by Crippen LogP contribution is -2.39. The van der Waals surface area contributed by atoms with Crippen LogP contribution in [0.25, 0.3) is 0 Å². The van der Waals surface area contributed by atoms with Crippen LogP contribution in [0.2, 0.25) is 0 Å². The van der Waals surface area contributed by atoms with Gasteiger partial charge in [0, 0.05) is 26.2 Å². The molecule has 1 saturated carbocycles. The molecule has 1 saturated heterocycles. The molecule has 4 nitrogen and oxygen atoms in total. The first-order chi connectivity index (χ1) is 7.60. The third-order valence-electron chi connectivity index (χ3n) is 4.35. The fourth-order valence-electron chi connectivity index (χ4n) is 3.36. The average Bonchev–Trinajstić information content (AvgIpc) is 2.73. The Morgan fingerprint density at radius 1 is 1.65 bits per heavy atom. The van der Waals surface area contributed by atoms with E-state index in [2.05, 4.69) is 11.8 Å². The van der Waals surface area contributed by atoms with Crippen LogP contribution in [0.4, 0.5) is 0 Å². The van der Waals surface area contributed by atoms with Crippen LogP contribution in [0.5, 0.6) is 0 Å². The molecule has 0 bridgehead atoms. The quantitative estimate of drug-likeness (QED) is 0.838. The van der Waals surface area contributed by atoms with Gasteiger partial charge in [-0.3, -0.25) is 9.69 Å². The van der Waals surface area contributed by atoms with Crippen molar-refractivity contribution in [3.05, 3.63) is 0 Å². The van der Waals surface area contributed by atoms with E-state index >= 15 is 0 Å². The zero-order valence-corrected chi connectivity index (χ0v) is 11.3. The van der Waals surface area contributed by atoms with Gasteiger partial charge in [0.05, 0.1) is 12.0 Å². The van der Waals surface area contributed by atoms with Gasteiger partial charge >= 0.3 is 5.97 Å². The topological polar surface area (TPSA) is 49.8 Å². The number of carboxylic acid groups (broad SMARTS) is 1. The molecule has 2 fully saturated rings. The minimum absolute atomic E-state index is 0. The minimum atomic E-state index is -0.595. The highest BCUT2D eigenvalue weighted by Gasteiger charge is 2.55. The minimum Gasteiger partial charge on any atom is -0.481 e. The van der Waals surface area contributed by atoms with Crippen LogP contribution in [0.15, 0.2) is 0 Å². The summed E-state index contributed by atoms with van der Waals surface area (Å²) in [5.74, 6) is -0.244. The average molecular weight is 264 g/mol. The van der Waals surface area contributed by atoms with Gasteiger partial charge in [-0.2, -0.15) is 0 Å². The van der Waals surface area contributed by atoms with Gasteiger partial charge in [0.1, 0.15) is 0 Å². The summed E-state index contributed by atoms with van der Waals surface area (Å²) in [6.45, 7) is 4.43. The van der Waals surface area contributed by atoms with Crippen molar-refractivity contribution in [2.75, 3.05) is 26.8 Å². The van der Waals surface area contributed by atoms with Crippen molar-refractivity contribution in [3.63, 3.8) is 0 Å². The van der Waals surface area contributed by atoms with E-state index in [-0.39, 0.29) is 12.4 Å².